The summed E-state index contributed by atoms with van der Waals surface area (Å²) in [4.78, 5) is 17.7. The number of rotatable bonds is 16. The third-order valence-electron chi connectivity index (χ3n) is 4.69. The molecule has 0 aliphatic heterocycles. The van der Waals surface area contributed by atoms with Crippen LogP contribution in [0.2, 0.25) is 0 Å². The Labute approximate surface area is 159 Å². The van der Waals surface area contributed by atoms with Crippen molar-refractivity contribution in [2.24, 2.45) is 0 Å². The third kappa shape index (κ3) is 13.4. The number of benzene rings is 1. The van der Waals surface area contributed by atoms with Gasteiger partial charge in [-0.05, 0) is 30.5 Å². The van der Waals surface area contributed by atoms with E-state index in [1.165, 1.54) is 77.0 Å². The molecule has 2 N–H and O–H groups in total. The van der Waals surface area contributed by atoms with Crippen molar-refractivity contribution in [2.45, 2.75) is 96.8 Å². The standard InChI is InChI=1S/C21H37O4P/c1-2-3-4-5-6-7-8-9-10-11-12-13-14-16-20-17-15-18-21(19-20)25-26(22,23)24/h15,17-19H,2-14,16H2,1H3,(H2,22,23,24). The number of phosphoric acid groups is 1. The molecular weight excluding hydrogens is 347 g/mol. The summed E-state index contributed by atoms with van der Waals surface area (Å²) in [5.74, 6) is 0.241. The Hall–Kier alpha value is -0.830. The molecule has 1 rings (SSSR count). The number of hydrogen-bond acceptors (Lipinski definition) is 2. The quantitative estimate of drug-likeness (QED) is 0.243. The number of aryl methyl sites for hydroxylation is 1. The maximum absolute atomic E-state index is 10.9. The summed E-state index contributed by atoms with van der Waals surface area (Å²) in [5.41, 5.74) is 1.07. The Bertz CT molecular complexity index is 512. The molecular formula is C21H37O4P. The third-order valence-corrected chi connectivity index (χ3v) is 5.14. The van der Waals surface area contributed by atoms with Crippen molar-refractivity contribution in [2.75, 3.05) is 0 Å². The summed E-state index contributed by atoms with van der Waals surface area (Å²) in [6.45, 7) is 2.26. The van der Waals surface area contributed by atoms with Gasteiger partial charge >= 0.3 is 7.82 Å². The summed E-state index contributed by atoms with van der Waals surface area (Å²) in [6, 6.07) is 7.06. The first-order valence-electron chi connectivity index (χ1n) is 10.4. The minimum Gasteiger partial charge on any atom is -0.404 e. The van der Waals surface area contributed by atoms with Gasteiger partial charge in [-0.3, -0.25) is 9.79 Å². The van der Waals surface area contributed by atoms with Crippen molar-refractivity contribution >= 4 is 7.82 Å². The van der Waals surface area contributed by atoms with E-state index in [1.807, 2.05) is 6.07 Å². The summed E-state index contributed by atoms with van der Waals surface area (Å²) < 4.78 is 15.5. The van der Waals surface area contributed by atoms with Crippen molar-refractivity contribution in [1.82, 2.24) is 0 Å². The Kier molecular flexibility index (Phi) is 12.7. The Morgan fingerprint density at radius 3 is 1.81 bits per heavy atom. The molecule has 0 fully saturated rings. The largest absolute Gasteiger partial charge is 0.524 e. The van der Waals surface area contributed by atoms with Gasteiger partial charge in [-0.1, -0.05) is 96.1 Å². The first-order valence-corrected chi connectivity index (χ1v) is 11.9. The first kappa shape index (κ1) is 23.2. The highest BCUT2D eigenvalue weighted by Crippen LogP contribution is 2.37. The molecule has 1 aromatic rings. The van der Waals surface area contributed by atoms with Crippen LogP contribution in [0.25, 0.3) is 0 Å². The van der Waals surface area contributed by atoms with Gasteiger partial charge in [0.05, 0.1) is 0 Å². The molecule has 0 atom stereocenters. The van der Waals surface area contributed by atoms with Gasteiger partial charge in [0.2, 0.25) is 0 Å². The van der Waals surface area contributed by atoms with Gasteiger partial charge in [-0.15, -0.1) is 0 Å². The van der Waals surface area contributed by atoms with Crippen LogP contribution in [-0.4, -0.2) is 9.79 Å². The Morgan fingerprint density at radius 2 is 1.31 bits per heavy atom. The van der Waals surface area contributed by atoms with Crippen LogP contribution in [0.4, 0.5) is 0 Å². The predicted octanol–water partition coefficient (Wildman–Crippen LogP) is 6.79. The second-order valence-electron chi connectivity index (χ2n) is 7.22. The Balaban J connectivity index is 1.98. The van der Waals surface area contributed by atoms with Crippen LogP contribution >= 0.6 is 7.82 Å². The maximum Gasteiger partial charge on any atom is 0.524 e. The SMILES string of the molecule is CCCCCCCCCCCCCCCc1cccc(OP(=O)(O)O)c1. The molecule has 0 unspecified atom stereocenters. The summed E-state index contributed by atoms with van der Waals surface area (Å²) in [5, 5.41) is 0. The van der Waals surface area contributed by atoms with Gasteiger partial charge < -0.3 is 4.52 Å². The van der Waals surface area contributed by atoms with Crippen molar-refractivity contribution in [1.29, 1.82) is 0 Å². The van der Waals surface area contributed by atoms with Gasteiger partial charge in [0.25, 0.3) is 0 Å². The van der Waals surface area contributed by atoms with Gasteiger partial charge in [0.15, 0.2) is 0 Å². The molecule has 0 aliphatic rings. The van der Waals surface area contributed by atoms with Gasteiger partial charge in [-0.2, -0.15) is 0 Å². The fourth-order valence-electron chi connectivity index (χ4n) is 3.24. The Morgan fingerprint density at radius 1 is 0.808 bits per heavy atom. The molecule has 0 aliphatic carbocycles. The highest BCUT2D eigenvalue weighted by molar-refractivity contribution is 7.46. The van der Waals surface area contributed by atoms with E-state index in [4.69, 9.17) is 9.79 Å². The average molecular weight is 384 g/mol. The minimum atomic E-state index is -4.47. The average Bonchev–Trinajstić information content (AvgIpc) is 2.58. The summed E-state index contributed by atoms with van der Waals surface area (Å²) in [7, 11) is -4.47. The van der Waals surface area contributed by atoms with Gasteiger partial charge in [0, 0.05) is 0 Å². The highest BCUT2D eigenvalue weighted by Gasteiger charge is 2.15. The molecule has 150 valence electrons. The monoisotopic (exact) mass is 384 g/mol. The van der Waals surface area contributed by atoms with Gasteiger partial charge in [-0.25, -0.2) is 4.57 Å². The molecule has 0 heterocycles. The lowest BCUT2D eigenvalue weighted by Gasteiger charge is -2.08. The molecule has 1 aromatic carbocycles. The van der Waals surface area contributed by atoms with E-state index >= 15 is 0 Å². The fourth-order valence-corrected chi connectivity index (χ4v) is 3.63. The van der Waals surface area contributed by atoms with E-state index in [0.29, 0.717) is 0 Å². The topological polar surface area (TPSA) is 66.8 Å². The molecule has 4 nitrogen and oxygen atoms in total. The lowest BCUT2D eigenvalue weighted by molar-refractivity contribution is 0.283. The number of hydrogen-bond donors (Lipinski definition) is 2. The molecule has 0 radical (unpaired) electrons. The summed E-state index contributed by atoms with van der Waals surface area (Å²) >= 11 is 0. The van der Waals surface area contributed by atoms with Crippen LogP contribution < -0.4 is 4.52 Å². The molecule has 0 amide bonds. The molecule has 26 heavy (non-hydrogen) atoms. The van der Waals surface area contributed by atoms with Crippen molar-refractivity contribution in [3.63, 3.8) is 0 Å². The zero-order valence-corrected chi connectivity index (χ0v) is 17.3. The van der Waals surface area contributed by atoms with Crippen LogP contribution in [-0.2, 0) is 11.0 Å². The van der Waals surface area contributed by atoms with Crippen LogP contribution in [0.15, 0.2) is 24.3 Å². The second-order valence-corrected chi connectivity index (χ2v) is 8.39. The second kappa shape index (κ2) is 14.3. The molecule has 0 saturated heterocycles. The zero-order valence-electron chi connectivity index (χ0n) is 16.4. The first-order chi connectivity index (χ1) is 12.5. The normalized spacial score (nSPS) is 11.7. The molecule has 0 bridgehead atoms. The molecule has 0 aromatic heterocycles. The molecule has 0 spiro atoms. The van der Waals surface area contributed by atoms with Crippen LogP contribution in [0.1, 0.15) is 96.0 Å². The van der Waals surface area contributed by atoms with Crippen molar-refractivity contribution in [3.8, 4) is 5.75 Å². The van der Waals surface area contributed by atoms with E-state index in [1.54, 1.807) is 18.2 Å². The van der Waals surface area contributed by atoms with Gasteiger partial charge in [0.1, 0.15) is 5.75 Å². The maximum atomic E-state index is 10.9. The lowest BCUT2D eigenvalue weighted by Crippen LogP contribution is -1.92. The van der Waals surface area contributed by atoms with E-state index in [9.17, 15) is 4.57 Å². The fraction of sp³-hybridized carbons (Fsp3) is 0.714. The van der Waals surface area contributed by atoms with Crippen LogP contribution in [0.5, 0.6) is 5.75 Å². The van der Waals surface area contributed by atoms with Crippen LogP contribution in [0, 0.1) is 0 Å². The minimum absolute atomic E-state index is 0.241. The van der Waals surface area contributed by atoms with Crippen LogP contribution in [0.3, 0.4) is 0 Å². The van der Waals surface area contributed by atoms with Crippen molar-refractivity contribution < 1.29 is 18.9 Å². The van der Waals surface area contributed by atoms with E-state index in [0.717, 1.165) is 18.4 Å². The predicted molar refractivity (Wildman–Crippen MR) is 109 cm³/mol. The van der Waals surface area contributed by atoms with E-state index < -0.39 is 7.82 Å². The molecule has 5 heteroatoms. The van der Waals surface area contributed by atoms with Crippen molar-refractivity contribution in [3.05, 3.63) is 29.8 Å². The highest BCUT2D eigenvalue weighted by atomic mass is 31.2. The zero-order chi connectivity index (χ0) is 19.1. The lowest BCUT2D eigenvalue weighted by atomic mass is 10.0. The number of unbranched alkanes of at least 4 members (excludes halogenated alkanes) is 12. The summed E-state index contributed by atoms with van der Waals surface area (Å²) in [6.07, 6.45) is 18.3. The molecule has 0 saturated carbocycles. The number of phosphoric ester groups is 1. The smallest absolute Gasteiger partial charge is 0.404 e. The van der Waals surface area contributed by atoms with E-state index in [2.05, 4.69) is 11.4 Å². The van der Waals surface area contributed by atoms with E-state index in [-0.39, 0.29) is 5.75 Å².